The summed E-state index contributed by atoms with van der Waals surface area (Å²) in [6.07, 6.45) is 2.74. The van der Waals surface area contributed by atoms with E-state index in [2.05, 4.69) is 5.16 Å². The molecule has 20 heavy (non-hydrogen) atoms. The van der Waals surface area contributed by atoms with Gasteiger partial charge in [-0.15, -0.1) is 0 Å². The van der Waals surface area contributed by atoms with Crippen LogP contribution in [0, 0.1) is 0 Å². The summed E-state index contributed by atoms with van der Waals surface area (Å²) in [5.74, 6) is 2.59. The largest absolute Gasteiger partial charge is 0.496 e. The van der Waals surface area contributed by atoms with E-state index in [0.29, 0.717) is 17.4 Å². The van der Waals surface area contributed by atoms with E-state index in [-0.39, 0.29) is 5.84 Å². The molecule has 1 aromatic rings. The van der Waals surface area contributed by atoms with E-state index in [1.807, 2.05) is 30.0 Å². The number of methoxy groups -OCH3 is 1. The molecule has 1 unspecified atom stereocenters. The number of nitrogens with two attached hydrogens (primary N) is 1. The highest BCUT2D eigenvalue weighted by Gasteiger charge is 2.15. The van der Waals surface area contributed by atoms with Crippen LogP contribution in [0.15, 0.2) is 23.4 Å². The molecule has 1 atom stereocenters. The second-order valence-corrected chi connectivity index (χ2v) is 5.70. The Labute approximate surface area is 123 Å². The predicted molar refractivity (Wildman–Crippen MR) is 80.6 cm³/mol. The van der Waals surface area contributed by atoms with Crippen LogP contribution < -0.4 is 10.5 Å². The Morgan fingerprint density at radius 1 is 1.60 bits per heavy atom. The number of thioether (sulfide) groups is 1. The monoisotopic (exact) mass is 296 g/mol. The molecular formula is C14H20N2O3S. The summed E-state index contributed by atoms with van der Waals surface area (Å²) in [7, 11) is 1.58. The first-order valence-electron chi connectivity index (χ1n) is 6.58. The van der Waals surface area contributed by atoms with Crippen LogP contribution >= 0.6 is 11.8 Å². The lowest BCUT2D eigenvalue weighted by molar-refractivity contribution is 0.129. The van der Waals surface area contributed by atoms with E-state index in [4.69, 9.17) is 20.4 Å². The molecule has 0 bridgehead atoms. The molecule has 1 heterocycles. The summed E-state index contributed by atoms with van der Waals surface area (Å²) in [5, 5.41) is 11.7. The molecule has 0 saturated carbocycles. The van der Waals surface area contributed by atoms with Crippen LogP contribution in [0.4, 0.5) is 0 Å². The van der Waals surface area contributed by atoms with Gasteiger partial charge in [0.1, 0.15) is 5.75 Å². The molecule has 1 aliphatic rings. The fraction of sp³-hybridized carbons (Fsp3) is 0.500. The molecule has 110 valence electrons. The smallest absolute Gasteiger partial charge is 0.173 e. The normalized spacial score (nSPS) is 19.2. The van der Waals surface area contributed by atoms with Gasteiger partial charge < -0.3 is 20.4 Å². The van der Waals surface area contributed by atoms with Gasteiger partial charge in [-0.1, -0.05) is 11.2 Å². The highest BCUT2D eigenvalue weighted by molar-refractivity contribution is 7.98. The lowest BCUT2D eigenvalue weighted by Crippen LogP contribution is -2.14. The minimum atomic E-state index is 0.0559. The molecule has 1 fully saturated rings. The molecular weight excluding hydrogens is 276 g/mol. The SMILES string of the molecule is COc1cc(CSCC2CCCO2)ccc1/C(N)=N/O. The van der Waals surface area contributed by atoms with Crippen molar-refractivity contribution in [2.45, 2.75) is 24.7 Å². The van der Waals surface area contributed by atoms with Gasteiger partial charge in [-0.05, 0) is 30.5 Å². The summed E-state index contributed by atoms with van der Waals surface area (Å²) in [4.78, 5) is 0. The van der Waals surface area contributed by atoms with Gasteiger partial charge >= 0.3 is 0 Å². The quantitative estimate of drug-likeness (QED) is 0.364. The third kappa shape index (κ3) is 3.80. The number of hydrogen-bond donors (Lipinski definition) is 2. The number of ether oxygens (including phenoxy) is 2. The standard InChI is InChI=1S/C14H20N2O3S/c1-18-13-7-10(4-5-12(13)14(15)16-17)8-20-9-11-3-2-6-19-11/h4-5,7,11,17H,2-3,6,8-9H2,1H3,(H2,15,16). The van der Waals surface area contributed by atoms with Gasteiger partial charge in [0.05, 0.1) is 18.8 Å². The van der Waals surface area contributed by atoms with E-state index in [9.17, 15) is 0 Å². The van der Waals surface area contributed by atoms with Crippen molar-refractivity contribution in [1.82, 2.24) is 0 Å². The fourth-order valence-electron chi connectivity index (χ4n) is 2.17. The minimum absolute atomic E-state index is 0.0559. The van der Waals surface area contributed by atoms with E-state index < -0.39 is 0 Å². The molecule has 5 nitrogen and oxygen atoms in total. The average molecular weight is 296 g/mol. The maximum atomic E-state index is 8.73. The number of nitrogens with zero attached hydrogens (tertiary/aromatic N) is 1. The van der Waals surface area contributed by atoms with Crippen molar-refractivity contribution < 1.29 is 14.7 Å². The molecule has 0 aromatic heterocycles. The Bertz CT molecular complexity index is 473. The van der Waals surface area contributed by atoms with Crippen LogP contribution in [0.25, 0.3) is 0 Å². The third-order valence-electron chi connectivity index (χ3n) is 3.25. The van der Waals surface area contributed by atoms with Gasteiger partial charge in [0, 0.05) is 18.1 Å². The molecule has 6 heteroatoms. The maximum absolute atomic E-state index is 8.73. The molecule has 0 radical (unpaired) electrons. The van der Waals surface area contributed by atoms with E-state index in [1.54, 1.807) is 7.11 Å². The fourth-order valence-corrected chi connectivity index (χ4v) is 3.23. The highest BCUT2D eigenvalue weighted by atomic mass is 32.2. The first kappa shape index (κ1) is 15.0. The zero-order chi connectivity index (χ0) is 14.4. The van der Waals surface area contributed by atoms with Crippen molar-refractivity contribution in [2.24, 2.45) is 10.9 Å². The van der Waals surface area contributed by atoms with E-state index in [0.717, 1.165) is 23.7 Å². The zero-order valence-corrected chi connectivity index (χ0v) is 12.4. The Balaban J connectivity index is 1.94. The Morgan fingerprint density at radius 3 is 3.10 bits per heavy atom. The number of amidine groups is 1. The van der Waals surface area contributed by atoms with Gasteiger partial charge in [-0.2, -0.15) is 11.8 Å². The van der Waals surface area contributed by atoms with Crippen LogP contribution in [0.3, 0.4) is 0 Å². The van der Waals surface area contributed by atoms with Crippen LogP contribution in [-0.4, -0.2) is 36.6 Å². The summed E-state index contributed by atoms with van der Waals surface area (Å²) in [6, 6.07) is 5.71. The first-order valence-corrected chi connectivity index (χ1v) is 7.74. The van der Waals surface area contributed by atoms with Crippen molar-refractivity contribution in [3.05, 3.63) is 29.3 Å². The van der Waals surface area contributed by atoms with Gasteiger partial charge in [-0.25, -0.2) is 0 Å². The van der Waals surface area contributed by atoms with Crippen molar-refractivity contribution in [3.8, 4) is 5.75 Å². The molecule has 0 aliphatic carbocycles. The number of hydrogen-bond acceptors (Lipinski definition) is 5. The van der Waals surface area contributed by atoms with Crippen LogP contribution in [-0.2, 0) is 10.5 Å². The van der Waals surface area contributed by atoms with Crippen LogP contribution in [0.1, 0.15) is 24.0 Å². The van der Waals surface area contributed by atoms with Crippen LogP contribution in [0.5, 0.6) is 5.75 Å². The van der Waals surface area contributed by atoms with E-state index in [1.165, 1.54) is 12.8 Å². The molecule has 1 aromatic carbocycles. The topological polar surface area (TPSA) is 77.1 Å². The number of benzene rings is 1. The molecule has 1 saturated heterocycles. The lowest BCUT2D eigenvalue weighted by atomic mass is 10.1. The second kappa shape index (κ2) is 7.40. The van der Waals surface area contributed by atoms with Crippen LogP contribution in [0.2, 0.25) is 0 Å². The van der Waals surface area contributed by atoms with Crippen molar-refractivity contribution >= 4 is 17.6 Å². The summed E-state index contributed by atoms with van der Waals surface area (Å²) >= 11 is 1.85. The third-order valence-corrected chi connectivity index (χ3v) is 4.39. The second-order valence-electron chi connectivity index (χ2n) is 4.67. The van der Waals surface area contributed by atoms with E-state index >= 15 is 0 Å². The van der Waals surface area contributed by atoms with Gasteiger partial charge in [0.2, 0.25) is 0 Å². The Kier molecular flexibility index (Phi) is 5.55. The van der Waals surface area contributed by atoms with Crippen molar-refractivity contribution in [3.63, 3.8) is 0 Å². The summed E-state index contributed by atoms with van der Waals surface area (Å²) in [6.45, 7) is 0.896. The van der Waals surface area contributed by atoms with Crippen molar-refractivity contribution in [1.29, 1.82) is 0 Å². The summed E-state index contributed by atoms with van der Waals surface area (Å²) < 4.78 is 10.9. The molecule has 0 amide bonds. The number of rotatable bonds is 6. The Morgan fingerprint density at radius 2 is 2.45 bits per heavy atom. The highest BCUT2D eigenvalue weighted by Crippen LogP contribution is 2.24. The molecule has 3 N–H and O–H groups in total. The zero-order valence-electron chi connectivity index (χ0n) is 11.5. The van der Waals surface area contributed by atoms with Gasteiger partial charge in [0.15, 0.2) is 5.84 Å². The minimum Gasteiger partial charge on any atom is -0.496 e. The predicted octanol–water partition coefficient (Wildman–Crippen LogP) is 2.20. The van der Waals surface area contributed by atoms with Gasteiger partial charge in [0.25, 0.3) is 0 Å². The maximum Gasteiger partial charge on any atom is 0.173 e. The van der Waals surface area contributed by atoms with Gasteiger partial charge in [-0.3, -0.25) is 0 Å². The molecule has 1 aliphatic heterocycles. The van der Waals surface area contributed by atoms with Crippen molar-refractivity contribution in [2.75, 3.05) is 19.5 Å². The summed E-state index contributed by atoms with van der Waals surface area (Å²) in [5.41, 5.74) is 7.35. The number of oxime groups is 1. The molecule has 0 spiro atoms. The lowest BCUT2D eigenvalue weighted by Gasteiger charge is -2.11. The first-order chi connectivity index (χ1) is 9.74. The molecule has 2 rings (SSSR count). The Hall–Kier alpha value is -1.40. The average Bonchev–Trinajstić information content (AvgIpc) is 2.99.